The molecule has 0 unspecified atom stereocenters. The third kappa shape index (κ3) is 3.51. The number of carbonyl (C=O) groups is 1. The number of amides is 1. The summed E-state index contributed by atoms with van der Waals surface area (Å²) in [6.07, 6.45) is 3.15. The fourth-order valence-electron chi connectivity index (χ4n) is 3.05. The number of hydrogen-bond donors (Lipinski definition) is 1. The highest BCUT2D eigenvalue weighted by atomic mass is 16.4. The summed E-state index contributed by atoms with van der Waals surface area (Å²) in [5.41, 5.74) is 3.36. The molecule has 7 nitrogen and oxygen atoms in total. The monoisotopic (exact) mass is 397 g/mol. The maximum atomic E-state index is 12.6. The van der Waals surface area contributed by atoms with Crippen molar-refractivity contribution in [1.29, 1.82) is 0 Å². The maximum absolute atomic E-state index is 12.6. The predicted octanol–water partition coefficient (Wildman–Crippen LogP) is 5.51. The van der Waals surface area contributed by atoms with Gasteiger partial charge in [-0.3, -0.25) is 10.1 Å². The van der Waals surface area contributed by atoms with Crippen molar-refractivity contribution in [3.05, 3.63) is 90.9 Å². The number of nitrogens with one attached hydrogen (secondary N) is 1. The van der Waals surface area contributed by atoms with Crippen LogP contribution in [-0.2, 0) is 0 Å². The summed E-state index contributed by atoms with van der Waals surface area (Å²) < 4.78 is 16.1. The summed E-state index contributed by atoms with van der Waals surface area (Å²) >= 11 is 0. The molecule has 0 saturated heterocycles. The average molecular weight is 397 g/mol. The van der Waals surface area contributed by atoms with E-state index < -0.39 is 0 Å². The van der Waals surface area contributed by atoms with Gasteiger partial charge in [0.1, 0.15) is 5.76 Å². The first kappa shape index (κ1) is 17.7. The van der Waals surface area contributed by atoms with Crippen LogP contribution in [0.5, 0.6) is 0 Å². The molecule has 30 heavy (non-hydrogen) atoms. The van der Waals surface area contributed by atoms with Gasteiger partial charge in [0.25, 0.3) is 11.8 Å². The van der Waals surface area contributed by atoms with E-state index >= 15 is 0 Å². The van der Waals surface area contributed by atoms with Crippen LogP contribution in [0.25, 0.3) is 34.1 Å². The van der Waals surface area contributed by atoms with Crippen molar-refractivity contribution in [2.75, 3.05) is 5.32 Å². The smallest absolute Gasteiger partial charge is 0.322 e. The highest BCUT2D eigenvalue weighted by Crippen LogP contribution is 2.26. The maximum Gasteiger partial charge on any atom is 0.322 e. The summed E-state index contributed by atoms with van der Waals surface area (Å²) in [7, 11) is 0. The second-order valence-electron chi connectivity index (χ2n) is 6.48. The van der Waals surface area contributed by atoms with Gasteiger partial charge in [0.2, 0.25) is 0 Å². The lowest BCUT2D eigenvalue weighted by Gasteiger charge is -2.06. The summed E-state index contributed by atoms with van der Waals surface area (Å²) in [6.45, 7) is 0. The molecule has 5 rings (SSSR count). The van der Waals surface area contributed by atoms with Crippen molar-refractivity contribution in [2.24, 2.45) is 0 Å². The molecule has 1 N–H and O–H groups in total. The van der Waals surface area contributed by atoms with Gasteiger partial charge in [-0.2, -0.15) is 0 Å². The molecule has 2 aromatic carbocycles. The van der Waals surface area contributed by atoms with Gasteiger partial charge in [-0.1, -0.05) is 41.5 Å². The van der Waals surface area contributed by atoms with Crippen molar-refractivity contribution in [2.45, 2.75) is 0 Å². The molecule has 0 saturated carbocycles. The van der Waals surface area contributed by atoms with Crippen LogP contribution in [0.1, 0.15) is 10.4 Å². The molecule has 0 bridgehead atoms. The van der Waals surface area contributed by atoms with Crippen LogP contribution < -0.4 is 5.32 Å². The van der Waals surface area contributed by atoms with Crippen molar-refractivity contribution in [3.63, 3.8) is 0 Å². The van der Waals surface area contributed by atoms with E-state index in [2.05, 4.69) is 15.5 Å². The molecule has 146 valence electrons. The normalized spacial score (nSPS) is 10.8. The Morgan fingerprint density at radius 3 is 2.20 bits per heavy atom. The molecule has 0 spiro atoms. The number of rotatable bonds is 5. The Hall–Kier alpha value is -4.39. The molecule has 7 heteroatoms. The molecule has 1 amide bonds. The lowest BCUT2D eigenvalue weighted by atomic mass is 10.0. The fourth-order valence-corrected chi connectivity index (χ4v) is 3.05. The van der Waals surface area contributed by atoms with E-state index in [0.717, 1.165) is 22.5 Å². The molecular formula is C23H15N3O4. The van der Waals surface area contributed by atoms with Crippen molar-refractivity contribution in [3.8, 4) is 34.1 Å². The number of anilines is 1. The van der Waals surface area contributed by atoms with Gasteiger partial charge in [0.05, 0.1) is 12.5 Å². The molecule has 0 aliphatic carbocycles. The molecule has 0 radical (unpaired) electrons. The largest absolute Gasteiger partial charge is 0.464 e. The minimum atomic E-state index is -0.348. The van der Waals surface area contributed by atoms with Crippen LogP contribution in [0, 0.1) is 0 Å². The van der Waals surface area contributed by atoms with Gasteiger partial charge < -0.3 is 13.3 Å². The Balaban J connectivity index is 1.34. The van der Waals surface area contributed by atoms with E-state index in [1.165, 1.54) is 6.26 Å². The Kier molecular flexibility index (Phi) is 4.46. The van der Waals surface area contributed by atoms with Crippen molar-refractivity contribution >= 4 is 11.9 Å². The van der Waals surface area contributed by atoms with Gasteiger partial charge >= 0.3 is 6.01 Å². The first-order chi connectivity index (χ1) is 14.8. The number of benzene rings is 2. The van der Waals surface area contributed by atoms with E-state index in [1.54, 1.807) is 30.5 Å². The van der Waals surface area contributed by atoms with Crippen LogP contribution in [0.4, 0.5) is 6.01 Å². The summed E-state index contributed by atoms with van der Waals surface area (Å²) in [5.74, 6) is 1.09. The molecule has 5 aromatic rings. The lowest BCUT2D eigenvalue weighted by Crippen LogP contribution is -2.12. The molecule has 0 aliphatic rings. The molecule has 0 aliphatic heterocycles. The van der Waals surface area contributed by atoms with Crippen LogP contribution >= 0.6 is 0 Å². The standard InChI is InChI=1S/C23H15N3O4/c27-21(24-23-26-25-22(30-23)20-7-3-13-29-20)18-5-1-4-17(14-18)15-8-10-16(11-9-15)19-6-2-12-28-19/h1-14H,(H,24,26,27). The summed E-state index contributed by atoms with van der Waals surface area (Å²) in [5, 5.41) is 10.3. The summed E-state index contributed by atoms with van der Waals surface area (Å²) in [6, 6.07) is 22.4. The Bertz CT molecular complexity index is 1270. The zero-order valence-corrected chi connectivity index (χ0v) is 15.6. The van der Waals surface area contributed by atoms with Gasteiger partial charge in [-0.25, -0.2) is 0 Å². The van der Waals surface area contributed by atoms with E-state index in [9.17, 15) is 4.79 Å². The minimum absolute atomic E-state index is 0.000367. The predicted molar refractivity (Wildman–Crippen MR) is 110 cm³/mol. The first-order valence-corrected chi connectivity index (χ1v) is 9.19. The highest BCUT2D eigenvalue weighted by molar-refractivity contribution is 6.03. The summed E-state index contributed by atoms with van der Waals surface area (Å²) in [4.78, 5) is 12.6. The van der Waals surface area contributed by atoms with Crippen LogP contribution in [0.2, 0.25) is 0 Å². The van der Waals surface area contributed by atoms with Gasteiger partial charge in [-0.15, -0.1) is 5.10 Å². The second-order valence-corrected chi connectivity index (χ2v) is 6.48. The zero-order chi connectivity index (χ0) is 20.3. The van der Waals surface area contributed by atoms with Crippen LogP contribution in [-0.4, -0.2) is 16.1 Å². The Labute approximate surface area is 171 Å². The van der Waals surface area contributed by atoms with Crippen LogP contribution in [0.15, 0.2) is 98.6 Å². The third-order valence-electron chi connectivity index (χ3n) is 4.53. The number of furan rings is 2. The number of carbonyl (C=O) groups excluding carboxylic acids is 1. The second kappa shape index (κ2) is 7.56. The van der Waals surface area contributed by atoms with Gasteiger partial charge in [-0.05, 0) is 47.5 Å². The molecular weight excluding hydrogens is 382 g/mol. The topological polar surface area (TPSA) is 94.3 Å². The Morgan fingerprint density at radius 2 is 1.47 bits per heavy atom. The highest BCUT2D eigenvalue weighted by Gasteiger charge is 2.14. The van der Waals surface area contributed by atoms with E-state index in [0.29, 0.717) is 11.3 Å². The fraction of sp³-hybridized carbons (Fsp3) is 0. The lowest BCUT2D eigenvalue weighted by molar-refractivity contribution is 0.102. The van der Waals surface area contributed by atoms with Crippen molar-refractivity contribution < 1.29 is 18.0 Å². The molecule has 3 heterocycles. The number of aromatic nitrogens is 2. The van der Waals surface area contributed by atoms with Crippen LogP contribution in [0.3, 0.4) is 0 Å². The van der Waals surface area contributed by atoms with Gasteiger partial charge in [0.15, 0.2) is 5.76 Å². The molecule has 0 fully saturated rings. The van der Waals surface area contributed by atoms with Gasteiger partial charge in [0, 0.05) is 11.1 Å². The number of hydrogen-bond acceptors (Lipinski definition) is 6. The molecule has 3 aromatic heterocycles. The van der Waals surface area contributed by atoms with E-state index in [1.807, 2.05) is 48.5 Å². The van der Waals surface area contributed by atoms with E-state index in [-0.39, 0.29) is 17.8 Å². The molecule has 0 atom stereocenters. The van der Waals surface area contributed by atoms with E-state index in [4.69, 9.17) is 13.3 Å². The number of nitrogens with zero attached hydrogens (tertiary/aromatic N) is 2. The van der Waals surface area contributed by atoms with Crippen molar-refractivity contribution in [1.82, 2.24) is 10.2 Å². The SMILES string of the molecule is O=C(Nc1nnc(-c2ccco2)o1)c1cccc(-c2ccc(-c3ccco3)cc2)c1. The third-order valence-corrected chi connectivity index (χ3v) is 4.53. The zero-order valence-electron chi connectivity index (χ0n) is 15.6. The quantitative estimate of drug-likeness (QED) is 0.420. The average Bonchev–Trinajstić information content (AvgIpc) is 3.56. The minimum Gasteiger partial charge on any atom is -0.464 e. The first-order valence-electron chi connectivity index (χ1n) is 9.19. The Morgan fingerprint density at radius 1 is 0.733 bits per heavy atom.